The quantitative estimate of drug-likeness (QED) is 0.657. The molecule has 2 rings (SSSR count). The van der Waals surface area contributed by atoms with E-state index in [0.717, 1.165) is 4.90 Å². The maximum Gasteiger partial charge on any atom is 0.230 e. The molecule has 0 saturated carbocycles. The number of halogens is 1. The standard InChI is InChI=1S/C15H15FN2OS/c16-12-6-2-1-5-11(12)9-18-15(19)10-20-14-8-4-3-7-13(14)17/h1-8H,9-10,17H2,(H,18,19). The summed E-state index contributed by atoms with van der Waals surface area (Å²) in [6, 6.07) is 13.8. The Bertz CT molecular complexity index is 552. The Labute approximate surface area is 121 Å². The van der Waals surface area contributed by atoms with Crippen LogP contribution in [-0.4, -0.2) is 11.7 Å². The minimum absolute atomic E-state index is 0.151. The van der Waals surface area contributed by atoms with Gasteiger partial charge in [-0.1, -0.05) is 30.3 Å². The van der Waals surface area contributed by atoms with Crippen LogP contribution in [0, 0.1) is 5.82 Å². The molecule has 0 aromatic heterocycles. The van der Waals surface area contributed by atoms with E-state index in [2.05, 4.69) is 5.32 Å². The van der Waals surface area contributed by atoms with Crippen molar-refractivity contribution in [3.05, 3.63) is 59.9 Å². The lowest BCUT2D eigenvalue weighted by atomic mass is 10.2. The fourth-order valence-corrected chi connectivity index (χ4v) is 2.44. The van der Waals surface area contributed by atoms with E-state index in [-0.39, 0.29) is 24.0 Å². The van der Waals surface area contributed by atoms with Crippen LogP contribution in [0.5, 0.6) is 0 Å². The third-order valence-corrected chi connectivity index (χ3v) is 3.80. The molecule has 0 aliphatic heterocycles. The lowest BCUT2D eigenvalue weighted by Crippen LogP contribution is -2.25. The van der Waals surface area contributed by atoms with E-state index < -0.39 is 0 Å². The first kappa shape index (κ1) is 14.4. The molecule has 0 spiro atoms. The highest BCUT2D eigenvalue weighted by molar-refractivity contribution is 8.00. The number of rotatable bonds is 5. The average Bonchev–Trinajstić information content (AvgIpc) is 2.45. The number of nitrogens with one attached hydrogen (secondary N) is 1. The Morgan fingerprint density at radius 2 is 1.85 bits per heavy atom. The largest absolute Gasteiger partial charge is 0.398 e. The van der Waals surface area contributed by atoms with Gasteiger partial charge < -0.3 is 11.1 Å². The summed E-state index contributed by atoms with van der Waals surface area (Å²) >= 11 is 1.36. The van der Waals surface area contributed by atoms with Crippen LogP contribution in [0.2, 0.25) is 0 Å². The Kier molecular flexibility index (Phi) is 5.01. The predicted molar refractivity (Wildman–Crippen MR) is 79.8 cm³/mol. The fraction of sp³-hybridized carbons (Fsp3) is 0.133. The van der Waals surface area contributed by atoms with Gasteiger partial charge in [-0.3, -0.25) is 4.79 Å². The lowest BCUT2D eigenvalue weighted by Gasteiger charge is -2.07. The molecule has 0 fully saturated rings. The van der Waals surface area contributed by atoms with Gasteiger partial charge >= 0.3 is 0 Å². The number of anilines is 1. The molecule has 5 heteroatoms. The maximum absolute atomic E-state index is 13.4. The third kappa shape index (κ3) is 3.99. The number of hydrogen-bond acceptors (Lipinski definition) is 3. The molecule has 2 aromatic rings. The summed E-state index contributed by atoms with van der Waals surface area (Å²) in [4.78, 5) is 12.6. The topological polar surface area (TPSA) is 55.1 Å². The summed E-state index contributed by atoms with van der Waals surface area (Å²) in [5, 5.41) is 2.69. The first-order valence-corrected chi connectivity index (χ1v) is 7.13. The van der Waals surface area contributed by atoms with Gasteiger partial charge in [0, 0.05) is 22.7 Å². The summed E-state index contributed by atoms with van der Waals surface area (Å²) in [5.41, 5.74) is 6.92. The number of thioether (sulfide) groups is 1. The maximum atomic E-state index is 13.4. The number of nitrogen functional groups attached to an aromatic ring is 1. The molecular weight excluding hydrogens is 275 g/mol. The molecule has 0 radical (unpaired) electrons. The predicted octanol–water partition coefficient (Wildman–Crippen LogP) is 2.82. The minimum atomic E-state index is -0.312. The van der Waals surface area contributed by atoms with Crippen LogP contribution in [0.4, 0.5) is 10.1 Å². The van der Waals surface area contributed by atoms with Gasteiger partial charge in [-0.05, 0) is 18.2 Å². The van der Waals surface area contributed by atoms with E-state index in [9.17, 15) is 9.18 Å². The van der Waals surface area contributed by atoms with Crippen molar-refractivity contribution in [2.45, 2.75) is 11.4 Å². The molecule has 2 aromatic carbocycles. The molecule has 0 heterocycles. The normalized spacial score (nSPS) is 10.2. The number of nitrogens with two attached hydrogens (primary N) is 1. The van der Waals surface area contributed by atoms with Crippen LogP contribution < -0.4 is 11.1 Å². The highest BCUT2D eigenvalue weighted by atomic mass is 32.2. The van der Waals surface area contributed by atoms with Crippen molar-refractivity contribution < 1.29 is 9.18 Å². The van der Waals surface area contributed by atoms with E-state index in [1.54, 1.807) is 24.3 Å². The zero-order chi connectivity index (χ0) is 14.4. The molecule has 20 heavy (non-hydrogen) atoms. The van der Waals surface area contributed by atoms with Gasteiger partial charge in [0.05, 0.1) is 5.75 Å². The third-order valence-electron chi connectivity index (χ3n) is 2.71. The zero-order valence-electron chi connectivity index (χ0n) is 10.8. The molecule has 0 bridgehead atoms. The van der Waals surface area contributed by atoms with Gasteiger partial charge in [0.1, 0.15) is 5.82 Å². The van der Waals surface area contributed by atoms with Crippen LogP contribution in [-0.2, 0) is 11.3 Å². The summed E-state index contributed by atoms with van der Waals surface area (Å²) in [7, 11) is 0. The summed E-state index contributed by atoms with van der Waals surface area (Å²) in [5.74, 6) is -0.211. The van der Waals surface area contributed by atoms with Gasteiger partial charge in [-0.25, -0.2) is 4.39 Å². The second-order valence-electron chi connectivity index (χ2n) is 4.19. The minimum Gasteiger partial charge on any atom is -0.398 e. The van der Waals surface area contributed by atoms with Crippen LogP contribution in [0.25, 0.3) is 0 Å². The number of para-hydroxylation sites is 1. The molecule has 0 atom stereocenters. The highest BCUT2D eigenvalue weighted by Gasteiger charge is 2.06. The smallest absolute Gasteiger partial charge is 0.230 e. The van der Waals surface area contributed by atoms with Crippen LogP contribution >= 0.6 is 11.8 Å². The number of hydrogen-bond donors (Lipinski definition) is 2. The molecule has 1 amide bonds. The van der Waals surface area contributed by atoms with Crippen LogP contribution in [0.3, 0.4) is 0 Å². The Balaban J connectivity index is 1.82. The highest BCUT2D eigenvalue weighted by Crippen LogP contribution is 2.23. The van der Waals surface area contributed by atoms with Gasteiger partial charge in [0.2, 0.25) is 5.91 Å². The van der Waals surface area contributed by atoms with E-state index in [1.807, 2.05) is 18.2 Å². The summed E-state index contributed by atoms with van der Waals surface area (Å²) in [6.45, 7) is 0.191. The fourth-order valence-electron chi connectivity index (χ4n) is 1.64. The Hall–Kier alpha value is -2.01. The number of carbonyl (C=O) groups excluding carboxylic acids is 1. The van der Waals surface area contributed by atoms with Crippen molar-refractivity contribution in [2.75, 3.05) is 11.5 Å². The zero-order valence-corrected chi connectivity index (χ0v) is 11.6. The van der Waals surface area contributed by atoms with E-state index in [0.29, 0.717) is 11.3 Å². The first-order valence-electron chi connectivity index (χ1n) is 6.14. The van der Waals surface area contributed by atoms with Crippen molar-refractivity contribution in [3.63, 3.8) is 0 Å². The van der Waals surface area contributed by atoms with Crippen molar-refractivity contribution >= 4 is 23.4 Å². The van der Waals surface area contributed by atoms with E-state index >= 15 is 0 Å². The molecule has 0 saturated heterocycles. The monoisotopic (exact) mass is 290 g/mol. The molecule has 0 unspecified atom stereocenters. The lowest BCUT2D eigenvalue weighted by molar-refractivity contribution is -0.118. The second kappa shape index (κ2) is 6.96. The van der Waals surface area contributed by atoms with Crippen molar-refractivity contribution in [2.24, 2.45) is 0 Å². The van der Waals surface area contributed by atoms with Crippen LogP contribution in [0.15, 0.2) is 53.4 Å². The van der Waals surface area contributed by atoms with Crippen molar-refractivity contribution in [3.8, 4) is 0 Å². The second-order valence-corrected chi connectivity index (χ2v) is 5.21. The van der Waals surface area contributed by atoms with E-state index in [4.69, 9.17) is 5.73 Å². The average molecular weight is 290 g/mol. The van der Waals surface area contributed by atoms with Gasteiger partial charge in [-0.2, -0.15) is 0 Å². The summed E-state index contributed by atoms with van der Waals surface area (Å²) < 4.78 is 13.4. The number of benzene rings is 2. The molecule has 3 N–H and O–H groups in total. The van der Waals surface area contributed by atoms with E-state index in [1.165, 1.54) is 17.8 Å². The van der Waals surface area contributed by atoms with Gasteiger partial charge in [0.25, 0.3) is 0 Å². The molecule has 104 valence electrons. The van der Waals surface area contributed by atoms with Crippen molar-refractivity contribution in [1.29, 1.82) is 0 Å². The van der Waals surface area contributed by atoms with Gasteiger partial charge in [-0.15, -0.1) is 11.8 Å². The molecular formula is C15H15FN2OS. The van der Waals surface area contributed by atoms with Crippen molar-refractivity contribution in [1.82, 2.24) is 5.32 Å². The first-order chi connectivity index (χ1) is 9.66. The van der Waals surface area contributed by atoms with Gasteiger partial charge in [0.15, 0.2) is 0 Å². The SMILES string of the molecule is Nc1ccccc1SCC(=O)NCc1ccccc1F. The number of carbonyl (C=O) groups is 1. The Morgan fingerprint density at radius 1 is 1.15 bits per heavy atom. The Morgan fingerprint density at radius 3 is 2.60 bits per heavy atom. The number of amides is 1. The molecule has 0 aliphatic carbocycles. The molecule has 3 nitrogen and oxygen atoms in total. The van der Waals surface area contributed by atoms with Crippen LogP contribution in [0.1, 0.15) is 5.56 Å². The summed E-state index contributed by atoms with van der Waals surface area (Å²) in [6.07, 6.45) is 0. The molecule has 0 aliphatic rings.